The normalized spacial score (nSPS) is 19.6. The number of β-amino-alcohol motifs (C(OH)–C–C–N with tert-alkyl or cyclic N) is 1. The van der Waals surface area contributed by atoms with Crippen molar-refractivity contribution < 1.29 is 5.11 Å². The number of hydrogen-bond acceptors (Lipinski definition) is 3. The van der Waals surface area contributed by atoms with Gasteiger partial charge in [-0.25, -0.2) is 0 Å². The van der Waals surface area contributed by atoms with E-state index in [1.807, 2.05) is 0 Å². The van der Waals surface area contributed by atoms with Crippen LogP contribution in [0.4, 0.5) is 5.69 Å². The van der Waals surface area contributed by atoms with Crippen molar-refractivity contribution >= 4 is 21.6 Å². The molecule has 0 radical (unpaired) electrons. The van der Waals surface area contributed by atoms with Gasteiger partial charge in [-0.15, -0.1) is 0 Å². The SMILES string of the molecule is CC(C)CNCc1ccc(N2CCCC(O)C2)c(Br)c1. The smallest absolute Gasteiger partial charge is 0.0715 e. The van der Waals surface area contributed by atoms with Crippen molar-refractivity contribution in [2.24, 2.45) is 5.92 Å². The molecule has 1 heterocycles. The molecular weight excluding hydrogens is 316 g/mol. The van der Waals surface area contributed by atoms with Crippen LogP contribution in [-0.4, -0.2) is 30.8 Å². The van der Waals surface area contributed by atoms with Crippen molar-refractivity contribution in [3.63, 3.8) is 0 Å². The van der Waals surface area contributed by atoms with E-state index in [0.29, 0.717) is 5.92 Å². The second-order valence-corrected chi connectivity index (χ2v) is 6.91. The summed E-state index contributed by atoms with van der Waals surface area (Å²) in [7, 11) is 0. The summed E-state index contributed by atoms with van der Waals surface area (Å²) in [4.78, 5) is 2.27. The molecule has 1 unspecified atom stereocenters. The number of rotatable bonds is 5. The maximum atomic E-state index is 9.79. The van der Waals surface area contributed by atoms with Crippen LogP contribution in [0.1, 0.15) is 32.3 Å². The summed E-state index contributed by atoms with van der Waals surface area (Å²) in [6.45, 7) is 8.14. The molecule has 0 aliphatic carbocycles. The third kappa shape index (κ3) is 4.47. The summed E-state index contributed by atoms with van der Waals surface area (Å²) in [6, 6.07) is 6.52. The first-order valence-electron chi connectivity index (χ1n) is 7.48. The first-order valence-corrected chi connectivity index (χ1v) is 8.27. The lowest BCUT2D eigenvalue weighted by Crippen LogP contribution is -2.38. The molecule has 4 heteroatoms. The fourth-order valence-corrected chi connectivity index (χ4v) is 3.27. The van der Waals surface area contributed by atoms with Crippen molar-refractivity contribution in [3.8, 4) is 0 Å². The van der Waals surface area contributed by atoms with Crippen molar-refractivity contribution in [1.82, 2.24) is 5.32 Å². The molecule has 1 aliphatic heterocycles. The molecule has 1 aromatic rings. The van der Waals surface area contributed by atoms with Gasteiger partial charge in [-0.05, 0) is 58.9 Å². The third-order valence-corrected chi connectivity index (χ3v) is 4.27. The molecular formula is C16H25BrN2O. The largest absolute Gasteiger partial charge is 0.391 e. The fourth-order valence-electron chi connectivity index (χ4n) is 2.60. The van der Waals surface area contributed by atoms with Gasteiger partial charge in [0.05, 0.1) is 11.8 Å². The molecule has 0 aromatic heterocycles. The van der Waals surface area contributed by atoms with Crippen molar-refractivity contribution in [2.75, 3.05) is 24.5 Å². The highest BCUT2D eigenvalue weighted by Crippen LogP contribution is 2.29. The lowest BCUT2D eigenvalue weighted by atomic mass is 10.1. The van der Waals surface area contributed by atoms with Crippen LogP contribution < -0.4 is 10.2 Å². The van der Waals surface area contributed by atoms with E-state index in [0.717, 1.165) is 43.5 Å². The second kappa shape index (κ2) is 7.43. The Morgan fingerprint density at radius 3 is 2.90 bits per heavy atom. The average Bonchev–Trinajstić information content (AvgIpc) is 2.38. The van der Waals surface area contributed by atoms with Gasteiger partial charge >= 0.3 is 0 Å². The molecule has 2 N–H and O–H groups in total. The number of benzene rings is 1. The number of aliphatic hydroxyl groups excluding tert-OH is 1. The molecule has 0 spiro atoms. The minimum Gasteiger partial charge on any atom is -0.391 e. The Labute approximate surface area is 130 Å². The molecule has 1 atom stereocenters. The van der Waals surface area contributed by atoms with Crippen molar-refractivity contribution in [3.05, 3.63) is 28.2 Å². The summed E-state index contributed by atoms with van der Waals surface area (Å²) in [5.41, 5.74) is 2.48. The van der Waals surface area contributed by atoms with Gasteiger partial charge in [-0.3, -0.25) is 0 Å². The van der Waals surface area contributed by atoms with Gasteiger partial charge in [0.1, 0.15) is 0 Å². The minimum atomic E-state index is -0.192. The van der Waals surface area contributed by atoms with Gasteiger partial charge < -0.3 is 15.3 Å². The predicted octanol–water partition coefficient (Wildman–Crippen LogP) is 3.16. The average molecular weight is 341 g/mol. The van der Waals surface area contributed by atoms with Gasteiger partial charge in [0, 0.05) is 24.1 Å². The first-order chi connectivity index (χ1) is 9.56. The van der Waals surface area contributed by atoms with Crippen LogP contribution in [-0.2, 0) is 6.54 Å². The Morgan fingerprint density at radius 1 is 1.45 bits per heavy atom. The lowest BCUT2D eigenvalue weighted by molar-refractivity contribution is 0.154. The Morgan fingerprint density at radius 2 is 2.25 bits per heavy atom. The molecule has 112 valence electrons. The predicted molar refractivity (Wildman–Crippen MR) is 88.1 cm³/mol. The number of nitrogens with one attached hydrogen (secondary N) is 1. The van der Waals surface area contributed by atoms with Crippen LogP contribution in [0.2, 0.25) is 0 Å². The highest BCUT2D eigenvalue weighted by Gasteiger charge is 2.19. The molecule has 2 rings (SSSR count). The molecule has 1 fully saturated rings. The quantitative estimate of drug-likeness (QED) is 0.864. The van der Waals surface area contributed by atoms with Crippen LogP contribution in [0.15, 0.2) is 22.7 Å². The van der Waals surface area contributed by atoms with E-state index in [2.05, 4.69) is 58.2 Å². The van der Waals surface area contributed by atoms with Gasteiger partial charge in [-0.1, -0.05) is 19.9 Å². The van der Waals surface area contributed by atoms with E-state index < -0.39 is 0 Å². The van der Waals surface area contributed by atoms with Crippen LogP contribution in [0, 0.1) is 5.92 Å². The van der Waals surface area contributed by atoms with E-state index in [-0.39, 0.29) is 6.10 Å². The van der Waals surface area contributed by atoms with E-state index >= 15 is 0 Å². The zero-order chi connectivity index (χ0) is 14.5. The van der Waals surface area contributed by atoms with Gasteiger partial charge in [0.25, 0.3) is 0 Å². The molecule has 20 heavy (non-hydrogen) atoms. The molecule has 1 saturated heterocycles. The number of halogens is 1. The monoisotopic (exact) mass is 340 g/mol. The molecule has 0 amide bonds. The minimum absolute atomic E-state index is 0.192. The number of aliphatic hydroxyl groups is 1. The summed E-state index contributed by atoms with van der Waals surface area (Å²) in [5.74, 6) is 0.674. The molecule has 1 aliphatic rings. The zero-order valence-corrected chi connectivity index (χ0v) is 14.0. The molecule has 0 saturated carbocycles. The maximum absolute atomic E-state index is 9.79. The number of anilines is 1. The fraction of sp³-hybridized carbons (Fsp3) is 0.625. The van der Waals surface area contributed by atoms with Crippen LogP contribution in [0.25, 0.3) is 0 Å². The number of nitrogens with zero attached hydrogens (tertiary/aromatic N) is 1. The Bertz CT molecular complexity index is 436. The summed E-state index contributed by atoms with van der Waals surface area (Å²) < 4.78 is 1.12. The molecule has 3 nitrogen and oxygen atoms in total. The highest BCUT2D eigenvalue weighted by atomic mass is 79.9. The third-order valence-electron chi connectivity index (χ3n) is 3.63. The molecule has 1 aromatic carbocycles. The van der Waals surface area contributed by atoms with Crippen molar-refractivity contribution in [2.45, 2.75) is 39.3 Å². The van der Waals surface area contributed by atoms with Crippen LogP contribution in [0.5, 0.6) is 0 Å². The van der Waals surface area contributed by atoms with Crippen molar-refractivity contribution in [1.29, 1.82) is 0 Å². The zero-order valence-electron chi connectivity index (χ0n) is 12.4. The van der Waals surface area contributed by atoms with Crippen LogP contribution in [0.3, 0.4) is 0 Å². The highest BCUT2D eigenvalue weighted by molar-refractivity contribution is 9.10. The Hall–Kier alpha value is -0.580. The van der Waals surface area contributed by atoms with E-state index in [1.54, 1.807) is 0 Å². The standard InChI is InChI=1S/C16H25BrN2O/c1-12(2)9-18-10-13-5-6-16(15(17)8-13)19-7-3-4-14(20)11-19/h5-6,8,12,14,18,20H,3-4,7,9-11H2,1-2H3. The number of hydrogen-bond donors (Lipinski definition) is 2. The second-order valence-electron chi connectivity index (χ2n) is 6.05. The first kappa shape index (κ1) is 15.8. The summed E-state index contributed by atoms with van der Waals surface area (Å²) in [5, 5.41) is 13.2. The van der Waals surface area contributed by atoms with Gasteiger partial charge in [0.2, 0.25) is 0 Å². The number of piperidine rings is 1. The van der Waals surface area contributed by atoms with Gasteiger partial charge in [0.15, 0.2) is 0 Å². The lowest BCUT2D eigenvalue weighted by Gasteiger charge is -2.32. The van der Waals surface area contributed by atoms with Gasteiger partial charge in [-0.2, -0.15) is 0 Å². The van der Waals surface area contributed by atoms with E-state index in [4.69, 9.17) is 0 Å². The summed E-state index contributed by atoms with van der Waals surface area (Å²) >= 11 is 3.67. The van der Waals surface area contributed by atoms with Crippen LogP contribution >= 0.6 is 15.9 Å². The van der Waals surface area contributed by atoms with E-state index in [1.165, 1.54) is 11.3 Å². The maximum Gasteiger partial charge on any atom is 0.0715 e. The Kier molecular flexibility index (Phi) is 5.87. The topological polar surface area (TPSA) is 35.5 Å². The Balaban J connectivity index is 1.98. The molecule has 0 bridgehead atoms. The summed E-state index contributed by atoms with van der Waals surface area (Å²) in [6.07, 6.45) is 1.79. The van der Waals surface area contributed by atoms with E-state index in [9.17, 15) is 5.11 Å².